The highest BCUT2D eigenvalue weighted by atomic mass is 16.1. The Morgan fingerprint density at radius 3 is 2.52 bits per heavy atom. The fraction of sp³-hybridized carbons (Fsp3) is 0.391. The minimum Gasteiger partial charge on any atom is -0.381 e. The zero-order valence-corrected chi connectivity index (χ0v) is 15.6. The molecule has 27 heavy (non-hydrogen) atoms. The molecule has 3 N–H and O–H groups in total. The number of amides is 1. The quantitative estimate of drug-likeness (QED) is 0.807. The van der Waals surface area contributed by atoms with Crippen LogP contribution in [-0.2, 0) is 0 Å². The standard InChI is InChI=1S/C23H25N3O/c1-2-16(17-8-4-5-9-18(17)23(25)27)22-19-11-15(12-20(19)22)26-21-10-6-3-7-14(21)13-24/h3-10,15-16,19-20,22,26H,2,11-12H2,1H3,(H2,25,27)/t15?,16-,19+,20+,22?/m0/s1. The Morgan fingerprint density at radius 2 is 1.85 bits per heavy atom. The van der Waals surface area contributed by atoms with E-state index in [0.29, 0.717) is 40.8 Å². The van der Waals surface area contributed by atoms with E-state index in [1.807, 2.05) is 42.5 Å². The molecule has 4 heteroatoms. The van der Waals surface area contributed by atoms with E-state index in [4.69, 9.17) is 5.73 Å². The van der Waals surface area contributed by atoms with Crippen molar-refractivity contribution in [3.63, 3.8) is 0 Å². The molecule has 0 aromatic heterocycles. The molecule has 2 aliphatic rings. The Morgan fingerprint density at radius 1 is 1.19 bits per heavy atom. The lowest BCUT2D eigenvalue weighted by Gasteiger charge is -2.23. The van der Waals surface area contributed by atoms with Gasteiger partial charge in [-0.3, -0.25) is 4.79 Å². The molecule has 2 aliphatic carbocycles. The number of para-hydroxylation sites is 1. The molecular formula is C23H25N3O. The lowest BCUT2D eigenvalue weighted by Crippen LogP contribution is -2.21. The summed E-state index contributed by atoms with van der Waals surface area (Å²) in [5.74, 6) is 2.10. The molecule has 0 aliphatic heterocycles. The minimum absolute atomic E-state index is 0.331. The maximum atomic E-state index is 11.8. The third kappa shape index (κ3) is 3.19. The number of anilines is 1. The van der Waals surface area contributed by atoms with Crippen LogP contribution in [0, 0.1) is 29.1 Å². The van der Waals surface area contributed by atoms with Gasteiger partial charge >= 0.3 is 0 Å². The van der Waals surface area contributed by atoms with Gasteiger partial charge in [0.15, 0.2) is 0 Å². The van der Waals surface area contributed by atoms with Crippen molar-refractivity contribution < 1.29 is 4.79 Å². The highest BCUT2D eigenvalue weighted by Crippen LogP contribution is 2.64. The van der Waals surface area contributed by atoms with Gasteiger partial charge in [-0.2, -0.15) is 5.26 Å². The molecule has 0 heterocycles. The van der Waals surface area contributed by atoms with Gasteiger partial charge in [-0.1, -0.05) is 37.3 Å². The number of nitrogens with one attached hydrogen (secondary N) is 1. The zero-order chi connectivity index (χ0) is 19.0. The molecular weight excluding hydrogens is 334 g/mol. The number of rotatable bonds is 6. The first-order valence-corrected chi connectivity index (χ1v) is 9.78. The van der Waals surface area contributed by atoms with E-state index in [9.17, 15) is 10.1 Å². The Bertz CT molecular complexity index is 888. The second-order valence-electron chi connectivity index (χ2n) is 7.84. The summed E-state index contributed by atoms with van der Waals surface area (Å²) in [5, 5.41) is 12.8. The van der Waals surface area contributed by atoms with Crippen LogP contribution in [0.25, 0.3) is 0 Å². The smallest absolute Gasteiger partial charge is 0.248 e. The van der Waals surface area contributed by atoms with Gasteiger partial charge in [-0.05, 0) is 66.7 Å². The number of hydrogen-bond donors (Lipinski definition) is 2. The summed E-state index contributed by atoms with van der Waals surface area (Å²) in [7, 11) is 0. The molecule has 2 saturated carbocycles. The number of nitrogens with zero attached hydrogens (tertiary/aromatic N) is 1. The van der Waals surface area contributed by atoms with E-state index < -0.39 is 0 Å². The third-order valence-corrected chi connectivity index (χ3v) is 6.45. The average molecular weight is 359 g/mol. The van der Waals surface area contributed by atoms with Crippen LogP contribution in [0.15, 0.2) is 48.5 Å². The summed E-state index contributed by atoms with van der Waals surface area (Å²) in [6.07, 6.45) is 3.28. The van der Waals surface area contributed by atoms with Crippen molar-refractivity contribution in [1.29, 1.82) is 5.26 Å². The Labute approximate surface area is 160 Å². The number of nitriles is 1. The van der Waals surface area contributed by atoms with Crippen LogP contribution in [0.2, 0.25) is 0 Å². The van der Waals surface area contributed by atoms with E-state index in [-0.39, 0.29) is 5.91 Å². The predicted octanol–water partition coefficient (Wildman–Crippen LogP) is 4.29. The molecule has 3 atom stereocenters. The SMILES string of the molecule is CC[C@@H](c1ccccc1C(N)=O)C1[C@@H]2CC(Nc3ccccc3C#N)C[C@@H]12. The molecule has 2 aromatic carbocycles. The van der Waals surface area contributed by atoms with Crippen molar-refractivity contribution in [3.8, 4) is 6.07 Å². The molecule has 0 unspecified atom stereocenters. The maximum Gasteiger partial charge on any atom is 0.248 e. The van der Waals surface area contributed by atoms with E-state index >= 15 is 0 Å². The van der Waals surface area contributed by atoms with E-state index in [2.05, 4.69) is 24.4 Å². The van der Waals surface area contributed by atoms with Crippen LogP contribution < -0.4 is 11.1 Å². The molecule has 2 aromatic rings. The van der Waals surface area contributed by atoms with Gasteiger partial charge in [0.05, 0.1) is 11.3 Å². The second kappa shape index (κ2) is 7.08. The van der Waals surface area contributed by atoms with Gasteiger partial charge in [0, 0.05) is 11.6 Å². The summed E-state index contributed by atoms with van der Waals surface area (Å²) in [6.45, 7) is 2.20. The number of hydrogen-bond acceptors (Lipinski definition) is 3. The number of fused-ring (bicyclic) bond motifs is 1. The monoisotopic (exact) mass is 359 g/mol. The zero-order valence-electron chi connectivity index (χ0n) is 15.6. The molecule has 4 rings (SSSR count). The fourth-order valence-electron chi connectivity index (χ4n) is 5.28. The Kier molecular flexibility index (Phi) is 4.61. The summed E-state index contributed by atoms with van der Waals surface area (Å²) in [4.78, 5) is 11.8. The summed E-state index contributed by atoms with van der Waals surface area (Å²) < 4.78 is 0. The average Bonchev–Trinajstić information content (AvgIpc) is 3.16. The fourth-order valence-corrected chi connectivity index (χ4v) is 5.28. The van der Waals surface area contributed by atoms with Crippen LogP contribution in [0.4, 0.5) is 5.69 Å². The van der Waals surface area contributed by atoms with Crippen molar-refractivity contribution in [1.82, 2.24) is 0 Å². The van der Waals surface area contributed by atoms with Crippen molar-refractivity contribution >= 4 is 11.6 Å². The van der Waals surface area contributed by atoms with Gasteiger partial charge in [-0.25, -0.2) is 0 Å². The van der Waals surface area contributed by atoms with Gasteiger partial charge in [-0.15, -0.1) is 0 Å². The molecule has 0 spiro atoms. The van der Waals surface area contributed by atoms with E-state index in [1.54, 1.807) is 0 Å². The van der Waals surface area contributed by atoms with Crippen molar-refractivity contribution in [2.45, 2.75) is 38.1 Å². The van der Waals surface area contributed by atoms with E-state index in [1.165, 1.54) is 0 Å². The van der Waals surface area contributed by atoms with Crippen LogP contribution in [0.1, 0.15) is 53.6 Å². The molecule has 4 nitrogen and oxygen atoms in total. The molecule has 0 saturated heterocycles. The molecule has 0 bridgehead atoms. The number of primary amides is 1. The predicted molar refractivity (Wildman–Crippen MR) is 106 cm³/mol. The van der Waals surface area contributed by atoms with Gasteiger partial charge in [0.2, 0.25) is 5.91 Å². The number of carbonyl (C=O) groups excluding carboxylic acids is 1. The van der Waals surface area contributed by atoms with Crippen LogP contribution >= 0.6 is 0 Å². The normalized spacial score (nSPS) is 24.7. The van der Waals surface area contributed by atoms with Crippen molar-refractivity contribution in [3.05, 3.63) is 65.2 Å². The Hall–Kier alpha value is -2.80. The highest BCUT2D eigenvalue weighted by Gasteiger charge is 2.58. The lowest BCUT2D eigenvalue weighted by molar-refractivity contribution is 0.0998. The Balaban J connectivity index is 1.45. The third-order valence-electron chi connectivity index (χ3n) is 6.45. The molecule has 138 valence electrons. The van der Waals surface area contributed by atoms with Crippen LogP contribution in [-0.4, -0.2) is 11.9 Å². The highest BCUT2D eigenvalue weighted by molar-refractivity contribution is 5.94. The number of nitrogens with two attached hydrogens (primary N) is 1. The first-order chi connectivity index (χ1) is 13.1. The largest absolute Gasteiger partial charge is 0.381 e. The molecule has 0 radical (unpaired) electrons. The minimum atomic E-state index is -0.331. The topological polar surface area (TPSA) is 78.9 Å². The maximum absolute atomic E-state index is 11.8. The van der Waals surface area contributed by atoms with Crippen molar-refractivity contribution in [2.24, 2.45) is 23.5 Å². The summed E-state index contributed by atoms with van der Waals surface area (Å²) >= 11 is 0. The lowest BCUT2D eigenvalue weighted by atomic mass is 9.84. The molecule has 1 amide bonds. The van der Waals surface area contributed by atoms with Gasteiger partial charge in [0.25, 0.3) is 0 Å². The first kappa shape index (κ1) is 17.6. The van der Waals surface area contributed by atoms with Crippen LogP contribution in [0.3, 0.4) is 0 Å². The van der Waals surface area contributed by atoms with Gasteiger partial charge in [0.1, 0.15) is 6.07 Å². The van der Waals surface area contributed by atoms with Crippen molar-refractivity contribution in [2.75, 3.05) is 5.32 Å². The second-order valence-corrected chi connectivity index (χ2v) is 7.84. The molecule has 2 fully saturated rings. The first-order valence-electron chi connectivity index (χ1n) is 9.78. The number of carbonyl (C=O) groups is 1. The van der Waals surface area contributed by atoms with E-state index in [0.717, 1.165) is 30.5 Å². The van der Waals surface area contributed by atoms with Gasteiger partial charge < -0.3 is 11.1 Å². The summed E-state index contributed by atoms with van der Waals surface area (Å²) in [5.41, 5.74) is 9.04. The summed E-state index contributed by atoms with van der Waals surface area (Å²) in [6, 6.07) is 18.2. The van der Waals surface area contributed by atoms with Crippen LogP contribution in [0.5, 0.6) is 0 Å². The number of benzene rings is 2.